The monoisotopic (exact) mass is 275 g/mol. The summed E-state index contributed by atoms with van der Waals surface area (Å²) >= 11 is 1.87. The molecule has 0 fully saturated rings. The van der Waals surface area contributed by atoms with E-state index in [1.165, 1.54) is 20.9 Å². The maximum absolute atomic E-state index is 5.15. The Morgan fingerprint density at radius 1 is 1.16 bits per heavy atom. The highest BCUT2D eigenvalue weighted by atomic mass is 32.1. The van der Waals surface area contributed by atoms with Crippen LogP contribution in [0.5, 0.6) is 5.75 Å². The molecule has 0 atom stereocenters. The van der Waals surface area contributed by atoms with E-state index in [4.69, 9.17) is 4.74 Å². The number of thiophene rings is 1. The van der Waals surface area contributed by atoms with Gasteiger partial charge in [0.25, 0.3) is 0 Å². The van der Waals surface area contributed by atoms with Crippen molar-refractivity contribution >= 4 is 11.3 Å². The van der Waals surface area contributed by atoms with Crippen molar-refractivity contribution in [2.75, 3.05) is 13.7 Å². The van der Waals surface area contributed by atoms with Crippen molar-refractivity contribution in [3.05, 3.63) is 51.2 Å². The van der Waals surface area contributed by atoms with E-state index in [1.807, 2.05) is 23.5 Å². The minimum absolute atomic E-state index is 0.918. The number of rotatable bonds is 6. The Bertz CT molecular complexity index is 516. The summed E-state index contributed by atoms with van der Waals surface area (Å²) in [6, 6.07) is 10.6. The minimum atomic E-state index is 0.918. The van der Waals surface area contributed by atoms with Crippen molar-refractivity contribution < 1.29 is 4.74 Å². The normalized spacial score (nSPS) is 10.7. The van der Waals surface area contributed by atoms with E-state index in [0.29, 0.717) is 0 Å². The van der Waals surface area contributed by atoms with Gasteiger partial charge < -0.3 is 10.1 Å². The van der Waals surface area contributed by atoms with Crippen LogP contribution in [0.25, 0.3) is 0 Å². The summed E-state index contributed by atoms with van der Waals surface area (Å²) in [5.41, 5.74) is 2.77. The van der Waals surface area contributed by atoms with E-state index in [-0.39, 0.29) is 0 Å². The van der Waals surface area contributed by atoms with Gasteiger partial charge in [0, 0.05) is 16.3 Å². The van der Waals surface area contributed by atoms with Gasteiger partial charge in [0.05, 0.1) is 7.11 Å². The van der Waals surface area contributed by atoms with Crippen LogP contribution in [0.1, 0.15) is 20.9 Å². The number of aryl methyl sites for hydroxylation is 2. The van der Waals surface area contributed by atoms with Crippen molar-refractivity contribution in [1.82, 2.24) is 5.32 Å². The molecule has 0 spiro atoms. The van der Waals surface area contributed by atoms with E-state index in [9.17, 15) is 0 Å². The summed E-state index contributed by atoms with van der Waals surface area (Å²) in [5.74, 6) is 0.918. The van der Waals surface area contributed by atoms with E-state index in [0.717, 1.165) is 25.3 Å². The zero-order chi connectivity index (χ0) is 13.7. The molecule has 0 unspecified atom stereocenters. The van der Waals surface area contributed by atoms with Crippen molar-refractivity contribution in [1.29, 1.82) is 0 Å². The molecule has 3 heteroatoms. The maximum Gasteiger partial charge on any atom is 0.118 e. The van der Waals surface area contributed by atoms with E-state index in [1.54, 1.807) is 7.11 Å². The molecule has 2 aromatic rings. The molecule has 102 valence electrons. The molecule has 0 aliphatic rings. The fraction of sp³-hybridized carbons (Fsp3) is 0.375. The molecule has 0 amide bonds. The molecule has 2 rings (SSSR count). The minimum Gasteiger partial charge on any atom is -0.497 e. The van der Waals surface area contributed by atoms with Gasteiger partial charge >= 0.3 is 0 Å². The van der Waals surface area contributed by atoms with Gasteiger partial charge in [-0.25, -0.2) is 0 Å². The van der Waals surface area contributed by atoms with Crippen LogP contribution >= 0.6 is 11.3 Å². The maximum atomic E-state index is 5.15. The third-order valence-electron chi connectivity index (χ3n) is 3.21. The van der Waals surface area contributed by atoms with Crippen molar-refractivity contribution in [2.45, 2.75) is 26.8 Å². The highest BCUT2D eigenvalue weighted by molar-refractivity contribution is 7.12. The molecule has 1 N–H and O–H groups in total. The first-order valence-corrected chi connectivity index (χ1v) is 7.40. The lowest BCUT2D eigenvalue weighted by molar-refractivity contribution is 0.414. The van der Waals surface area contributed by atoms with Gasteiger partial charge in [-0.05, 0) is 56.1 Å². The first-order chi connectivity index (χ1) is 9.19. The topological polar surface area (TPSA) is 21.3 Å². The van der Waals surface area contributed by atoms with E-state index >= 15 is 0 Å². The van der Waals surface area contributed by atoms with Crippen molar-refractivity contribution in [3.63, 3.8) is 0 Å². The summed E-state index contributed by atoms with van der Waals surface area (Å²) < 4.78 is 5.15. The quantitative estimate of drug-likeness (QED) is 0.812. The molecule has 1 aromatic carbocycles. The summed E-state index contributed by atoms with van der Waals surface area (Å²) in [5, 5.41) is 3.51. The van der Waals surface area contributed by atoms with Crippen LogP contribution in [-0.2, 0) is 13.0 Å². The molecule has 0 aliphatic heterocycles. The fourth-order valence-corrected chi connectivity index (χ4v) is 3.05. The largest absolute Gasteiger partial charge is 0.497 e. The summed E-state index contributed by atoms with van der Waals surface area (Å²) in [6.45, 7) is 6.32. The van der Waals surface area contributed by atoms with E-state index < -0.39 is 0 Å². The molecule has 2 nitrogen and oxygen atoms in total. The number of ether oxygens (including phenoxy) is 1. The lowest BCUT2D eigenvalue weighted by Gasteiger charge is -2.06. The van der Waals surface area contributed by atoms with Crippen LogP contribution in [0.3, 0.4) is 0 Å². The predicted octanol–water partition coefficient (Wildman–Crippen LogP) is 3.71. The number of hydrogen-bond donors (Lipinski definition) is 1. The number of methoxy groups -OCH3 is 1. The summed E-state index contributed by atoms with van der Waals surface area (Å²) in [7, 11) is 1.70. The molecule has 19 heavy (non-hydrogen) atoms. The van der Waals surface area contributed by atoms with Crippen LogP contribution in [0.15, 0.2) is 30.3 Å². The zero-order valence-electron chi connectivity index (χ0n) is 11.8. The zero-order valence-corrected chi connectivity index (χ0v) is 12.6. The Balaban J connectivity index is 1.75. The lowest BCUT2D eigenvalue weighted by Crippen LogP contribution is -2.16. The highest BCUT2D eigenvalue weighted by Crippen LogP contribution is 2.20. The Morgan fingerprint density at radius 2 is 1.89 bits per heavy atom. The predicted molar refractivity (Wildman–Crippen MR) is 82.2 cm³/mol. The summed E-state index contributed by atoms with van der Waals surface area (Å²) in [4.78, 5) is 2.82. The number of hydrogen-bond acceptors (Lipinski definition) is 3. The van der Waals surface area contributed by atoms with Gasteiger partial charge in [-0.15, -0.1) is 11.3 Å². The smallest absolute Gasteiger partial charge is 0.118 e. The molecule has 1 heterocycles. The Hall–Kier alpha value is -1.32. The Kier molecular flexibility index (Phi) is 5.00. The Labute approximate surface area is 119 Å². The molecular formula is C16H21NOS. The molecular weight excluding hydrogens is 254 g/mol. The standard InChI is InChI=1S/C16H21NOS/c1-12-10-15(13(2)19-12)11-17-9-8-14-4-6-16(18-3)7-5-14/h4-7,10,17H,8-9,11H2,1-3H3. The van der Waals surface area contributed by atoms with Crippen LogP contribution in [0.2, 0.25) is 0 Å². The van der Waals surface area contributed by atoms with Gasteiger partial charge in [0.1, 0.15) is 5.75 Å². The lowest BCUT2D eigenvalue weighted by atomic mass is 10.1. The third-order valence-corrected chi connectivity index (χ3v) is 4.22. The van der Waals surface area contributed by atoms with E-state index in [2.05, 4.69) is 37.4 Å². The molecule has 0 aliphatic carbocycles. The van der Waals surface area contributed by atoms with Crippen LogP contribution in [-0.4, -0.2) is 13.7 Å². The van der Waals surface area contributed by atoms with Crippen LogP contribution < -0.4 is 10.1 Å². The third kappa shape index (κ3) is 4.08. The second-order valence-corrected chi connectivity index (χ2v) is 6.17. The SMILES string of the molecule is COc1ccc(CCNCc2cc(C)sc2C)cc1. The molecule has 0 bridgehead atoms. The number of benzene rings is 1. The van der Waals surface area contributed by atoms with Crippen LogP contribution in [0, 0.1) is 13.8 Å². The van der Waals surface area contributed by atoms with Gasteiger partial charge in [-0.3, -0.25) is 0 Å². The second-order valence-electron chi connectivity index (χ2n) is 4.71. The first kappa shape index (κ1) is 14.1. The van der Waals surface area contributed by atoms with Crippen LogP contribution in [0.4, 0.5) is 0 Å². The van der Waals surface area contributed by atoms with Gasteiger partial charge in [-0.2, -0.15) is 0 Å². The van der Waals surface area contributed by atoms with Gasteiger partial charge in [0.2, 0.25) is 0 Å². The first-order valence-electron chi connectivity index (χ1n) is 6.58. The average molecular weight is 275 g/mol. The van der Waals surface area contributed by atoms with Gasteiger partial charge in [-0.1, -0.05) is 12.1 Å². The Morgan fingerprint density at radius 3 is 2.47 bits per heavy atom. The second kappa shape index (κ2) is 6.73. The molecule has 0 radical (unpaired) electrons. The number of nitrogens with one attached hydrogen (secondary N) is 1. The summed E-state index contributed by atoms with van der Waals surface area (Å²) in [6.07, 6.45) is 1.05. The average Bonchev–Trinajstić information content (AvgIpc) is 2.74. The van der Waals surface area contributed by atoms with Crippen molar-refractivity contribution in [3.8, 4) is 5.75 Å². The molecule has 0 saturated heterocycles. The molecule has 0 saturated carbocycles. The fourth-order valence-electron chi connectivity index (χ4n) is 2.11. The highest BCUT2D eigenvalue weighted by Gasteiger charge is 2.02. The van der Waals surface area contributed by atoms with Gasteiger partial charge in [0.15, 0.2) is 0 Å². The molecule has 1 aromatic heterocycles. The van der Waals surface area contributed by atoms with Crippen molar-refractivity contribution in [2.24, 2.45) is 0 Å².